The summed E-state index contributed by atoms with van der Waals surface area (Å²) < 4.78 is 11.3. The first-order chi connectivity index (χ1) is 16.9. The molecule has 1 saturated heterocycles. The maximum absolute atomic E-state index is 13.4. The Balaban J connectivity index is 1.71. The molecule has 2 atom stereocenters. The largest absolute Gasteiger partial charge is 0.507 e. The highest BCUT2D eigenvalue weighted by molar-refractivity contribution is 6.51. The number of hydrogen-bond donors (Lipinski definition) is 1. The van der Waals surface area contributed by atoms with Gasteiger partial charge in [-0.05, 0) is 61.0 Å². The van der Waals surface area contributed by atoms with Gasteiger partial charge in [0.2, 0.25) is 0 Å². The van der Waals surface area contributed by atoms with Crippen LogP contribution in [0.25, 0.3) is 5.76 Å². The highest BCUT2D eigenvalue weighted by Crippen LogP contribution is 2.45. The second-order valence-electron chi connectivity index (χ2n) is 8.52. The fraction of sp³-hybridized carbons (Fsp3) is 0.179. The standard InChI is InChI=1S/C28H22N2O5/c1-16-13-19-14-18(9-12-22(19)35-16)26(31)24-25(21-5-3-4-6-23(21)34-2)30(28(33)27(24)32)20-10-7-17(15-29)8-11-20/h3-12,14,16,25,31H,13H2,1-2H3/b26-24+. The summed E-state index contributed by atoms with van der Waals surface area (Å²) in [6, 6.07) is 19.8. The number of amides is 1. The number of carbonyl (C=O) groups excluding carboxylic acids is 2. The van der Waals surface area contributed by atoms with Gasteiger partial charge in [0, 0.05) is 23.2 Å². The minimum atomic E-state index is -0.928. The van der Waals surface area contributed by atoms with Crippen molar-refractivity contribution in [1.29, 1.82) is 5.26 Å². The number of benzene rings is 3. The number of nitrogens with zero attached hydrogens (tertiary/aromatic N) is 2. The van der Waals surface area contributed by atoms with Gasteiger partial charge in [-0.15, -0.1) is 0 Å². The van der Waals surface area contributed by atoms with Crippen LogP contribution in [0.5, 0.6) is 11.5 Å². The lowest BCUT2D eigenvalue weighted by molar-refractivity contribution is -0.132. The first kappa shape index (κ1) is 22.2. The quantitative estimate of drug-likeness (QED) is 0.345. The first-order valence-corrected chi connectivity index (χ1v) is 11.2. The van der Waals surface area contributed by atoms with Gasteiger partial charge in [-0.25, -0.2) is 0 Å². The van der Waals surface area contributed by atoms with Crippen molar-refractivity contribution in [1.82, 2.24) is 0 Å². The molecular formula is C28H22N2O5. The minimum absolute atomic E-state index is 0.0259. The van der Waals surface area contributed by atoms with Crippen LogP contribution in [0.1, 0.15) is 35.2 Å². The van der Waals surface area contributed by atoms with E-state index in [-0.39, 0.29) is 17.4 Å². The number of Topliss-reactive ketones (excluding diaryl/α,β-unsaturated/α-hetero) is 1. The van der Waals surface area contributed by atoms with Crippen molar-refractivity contribution in [2.75, 3.05) is 12.0 Å². The third-order valence-electron chi connectivity index (χ3n) is 6.32. The van der Waals surface area contributed by atoms with Crippen LogP contribution in [0, 0.1) is 11.3 Å². The molecule has 2 aliphatic rings. The number of aliphatic hydroxyl groups is 1. The Morgan fingerprint density at radius 2 is 1.86 bits per heavy atom. The molecule has 0 aromatic heterocycles. The van der Waals surface area contributed by atoms with Gasteiger partial charge < -0.3 is 14.6 Å². The van der Waals surface area contributed by atoms with E-state index >= 15 is 0 Å². The summed E-state index contributed by atoms with van der Waals surface area (Å²) in [6.07, 6.45) is 0.712. The van der Waals surface area contributed by atoms with E-state index in [1.807, 2.05) is 13.0 Å². The molecule has 3 aromatic carbocycles. The van der Waals surface area contributed by atoms with Crippen molar-refractivity contribution in [2.24, 2.45) is 0 Å². The number of nitriles is 1. The highest BCUT2D eigenvalue weighted by atomic mass is 16.5. The summed E-state index contributed by atoms with van der Waals surface area (Å²) >= 11 is 0. The van der Waals surface area contributed by atoms with E-state index in [9.17, 15) is 14.7 Å². The van der Waals surface area contributed by atoms with Gasteiger partial charge >= 0.3 is 0 Å². The fourth-order valence-electron chi connectivity index (χ4n) is 4.71. The second kappa shape index (κ2) is 8.65. The van der Waals surface area contributed by atoms with E-state index in [4.69, 9.17) is 14.7 Å². The third kappa shape index (κ3) is 3.69. The Kier molecular flexibility index (Phi) is 5.50. The molecule has 2 unspecified atom stereocenters. The van der Waals surface area contributed by atoms with Crippen LogP contribution in [-0.4, -0.2) is 30.0 Å². The van der Waals surface area contributed by atoms with Crippen molar-refractivity contribution in [2.45, 2.75) is 25.5 Å². The lowest BCUT2D eigenvalue weighted by Crippen LogP contribution is -2.29. The maximum atomic E-state index is 13.4. The van der Waals surface area contributed by atoms with Crippen molar-refractivity contribution in [3.63, 3.8) is 0 Å². The molecule has 7 heteroatoms. The van der Waals surface area contributed by atoms with Crippen LogP contribution in [0.2, 0.25) is 0 Å². The molecule has 2 aliphatic heterocycles. The first-order valence-electron chi connectivity index (χ1n) is 11.2. The average Bonchev–Trinajstić information content (AvgIpc) is 3.38. The molecule has 1 amide bonds. The number of methoxy groups -OCH3 is 1. The molecule has 174 valence electrons. The van der Waals surface area contributed by atoms with E-state index in [1.165, 1.54) is 12.0 Å². The van der Waals surface area contributed by atoms with Crippen molar-refractivity contribution >= 4 is 23.1 Å². The molecule has 2 heterocycles. The lowest BCUT2D eigenvalue weighted by Gasteiger charge is -2.26. The molecule has 0 spiro atoms. The Morgan fingerprint density at radius 3 is 2.57 bits per heavy atom. The Morgan fingerprint density at radius 1 is 1.11 bits per heavy atom. The van der Waals surface area contributed by atoms with Gasteiger partial charge in [0.15, 0.2) is 0 Å². The minimum Gasteiger partial charge on any atom is -0.507 e. The smallest absolute Gasteiger partial charge is 0.300 e. The van der Waals surface area contributed by atoms with E-state index in [0.29, 0.717) is 34.5 Å². The van der Waals surface area contributed by atoms with Gasteiger partial charge in [-0.1, -0.05) is 18.2 Å². The number of ketones is 1. The average molecular weight is 466 g/mol. The monoisotopic (exact) mass is 466 g/mol. The number of carbonyl (C=O) groups is 2. The number of hydrogen-bond acceptors (Lipinski definition) is 6. The highest BCUT2D eigenvalue weighted by Gasteiger charge is 2.48. The Bertz CT molecular complexity index is 1420. The molecule has 3 aromatic rings. The van der Waals surface area contributed by atoms with Crippen LogP contribution >= 0.6 is 0 Å². The lowest BCUT2D eigenvalue weighted by atomic mass is 9.93. The van der Waals surface area contributed by atoms with Crippen LogP contribution < -0.4 is 14.4 Å². The molecule has 35 heavy (non-hydrogen) atoms. The molecule has 1 N–H and O–H groups in total. The summed E-state index contributed by atoms with van der Waals surface area (Å²) in [6.45, 7) is 1.96. The summed E-state index contributed by atoms with van der Waals surface area (Å²) in [5.74, 6) is -0.621. The van der Waals surface area contributed by atoms with E-state index in [2.05, 4.69) is 0 Å². The number of ether oxygens (including phenoxy) is 2. The zero-order valence-electron chi connectivity index (χ0n) is 19.2. The number of rotatable bonds is 4. The van der Waals surface area contributed by atoms with Crippen LogP contribution in [0.4, 0.5) is 5.69 Å². The summed E-state index contributed by atoms with van der Waals surface area (Å²) in [5.41, 5.74) is 2.73. The van der Waals surface area contributed by atoms with Crippen LogP contribution in [-0.2, 0) is 16.0 Å². The SMILES string of the molecule is COc1ccccc1C1/C(=C(\O)c2ccc3c(c2)CC(C)O3)C(=O)C(=O)N1c1ccc(C#N)cc1. The van der Waals surface area contributed by atoms with E-state index < -0.39 is 17.7 Å². The Hall–Kier alpha value is -4.57. The molecule has 1 fully saturated rings. The molecule has 0 aliphatic carbocycles. The maximum Gasteiger partial charge on any atom is 0.300 e. The van der Waals surface area contributed by atoms with Gasteiger partial charge in [0.05, 0.1) is 30.4 Å². The predicted molar refractivity (Wildman–Crippen MR) is 129 cm³/mol. The normalized spacial score (nSPS) is 20.3. The second-order valence-corrected chi connectivity index (χ2v) is 8.52. The molecular weight excluding hydrogens is 444 g/mol. The van der Waals surface area contributed by atoms with Gasteiger partial charge in [0.1, 0.15) is 23.4 Å². The van der Waals surface area contributed by atoms with Gasteiger partial charge in [-0.2, -0.15) is 5.26 Å². The number of anilines is 1. The zero-order valence-corrected chi connectivity index (χ0v) is 19.2. The van der Waals surface area contributed by atoms with Crippen LogP contribution in [0.3, 0.4) is 0 Å². The number of aliphatic hydroxyl groups excluding tert-OH is 1. The summed E-state index contributed by atoms with van der Waals surface area (Å²) in [7, 11) is 1.51. The molecule has 7 nitrogen and oxygen atoms in total. The third-order valence-corrected chi connectivity index (χ3v) is 6.32. The van der Waals surface area contributed by atoms with Gasteiger partial charge in [-0.3, -0.25) is 14.5 Å². The van der Waals surface area contributed by atoms with Crippen molar-refractivity contribution < 1.29 is 24.2 Å². The van der Waals surface area contributed by atoms with E-state index in [0.717, 1.165) is 11.3 Å². The summed E-state index contributed by atoms with van der Waals surface area (Å²) in [4.78, 5) is 28.0. The van der Waals surface area contributed by atoms with Crippen LogP contribution in [0.15, 0.2) is 72.3 Å². The molecule has 0 bridgehead atoms. The van der Waals surface area contributed by atoms with Crippen molar-refractivity contribution in [3.8, 4) is 17.6 Å². The Labute approximate surface area is 202 Å². The zero-order chi connectivity index (χ0) is 24.7. The molecule has 0 saturated carbocycles. The van der Waals surface area contributed by atoms with Crippen molar-refractivity contribution in [3.05, 3.63) is 94.6 Å². The molecule has 0 radical (unpaired) electrons. The molecule has 5 rings (SSSR count). The number of para-hydroxylation sites is 1. The van der Waals surface area contributed by atoms with Gasteiger partial charge in [0.25, 0.3) is 11.7 Å². The number of fused-ring (bicyclic) bond motifs is 1. The topological polar surface area (TPSA) is 99.9 Å². The fourth-order valence-corrected chi connectivity index (χ4v) is 4.71. The van der Waals surface area contributed by atoms with E-state index in [1.54, 1.807) is 66.7 Å². The predicted octanol–water partition coefficient (Wildman–Crippen LogP) is 4.52. The summed E-state index contributed by atoms with van der Waals surface area (Å²) in [5, 5.41) is 20.6.